The van der Waals surface area contributed by atoms with Crippen LogP contribution >= 0.6 is 0 Å². The summed E-state index contributed by atoms with van der Waals surface area (Å²) in [6, 6.07) is 18.0. The molecule has 38 heavy (non-hydrogen) atoms. The lowest BCUT2D eigenvalue weighted by molar-refractivity contribution is -0.138. The molecule has 0 fully saturated rings. The standard InChI is InChI=1S/C27H22FN7O3/c28-18-5-7-19(8-6-18)35(24-3-1-2-11-30-24)15-23(26(37)38)33-25(36)16-4-9-20-17(13-16)14-22(32-20)21-10-12-31-27(29)34-21/h1-14,23,32H,15H2,(H,33,36)(H,37,38)(H2,29,31,34). The van der Waals surface area contributed by atoms with Crippen molar-refractivity contribution in [3.63, 3.8) is 0 Å². The van der Waals surface area contributed by atoms with Crippen LogP contribution in [0, 0.1) is 5.82 Å². The lowest BCUT2D eigenvalue weighted by Gasteiger charge is -2.27. The number of nitrogens with two attached hydrogens (primary N) is 1. The lowest BCUT2D eigenvalue weighted by Crippen LogP contribution is -2.47. The third kappa shape index (κ3) is 5.26. The van der Waals surface area contributed by atoms with Crippen molar-refractivity contribution in [1.29, 1.82) is 0 Å². The third-order valence-electron chi connectivity index (χ3n) is 5.87. The number of carboxylic acids is 1. The van der Waals surface area contributed by atoms with Gasteiger partial charge >= 0.3 is 5.97 Å². The van der Waals surface area contributed by atoms with Crippen LogP contribution < -0.4 is 16.0 Å². The number of pyridine rings is 1. The average molecular weight is 512 g/mol. The number of anilines is 3. The molecule has 1 atom stereocenters. The zero-order chi connectivity index (χ0) is 26.6. The first-order chi connectivity index (χ1) is 18.4. The second kappa shape index (κ2) is 10.3. The highest BCUT2D eigenvalue weighted by Crippen LogP contribution is 2.25. The first kappa shape index (κ1) is 24.4. The number of aromatic nitrogens is 4. The van der Waals surface area contributed by atoms with E-state index in [1.807, 2.05) is 6.07 Å². The maximum absolute atomic E-state index is 13.5. The van der Waals surface area contributed by atoms with Crippen LogP contribution in [0.3, 0.4) is 0 Å². The molecule has 5 aromatic rings. The first-order valence-corrected chi connectivity index (χ1v) is 11.6. The highest BCUT2D eigenvalue weighted by atomic mass is 19.1. The Morgan fingerprint density at radius 2 is 1.84 bits per heavy atom. The number of carboxylic acid groups (broad SMARTS) is 1. The van der Waals surface area contributed by atoms with E-state index in [1.165, 1.54) is 24.3 Å². The van der Waals surface area contributed by atoms with Crippen LogP contribution in [0.15, 0.2) is 85.2 Å². The maximum atomic E-state index is 13.5. The molecule has 1 unspecified atom stereocenters. The number of nitrogens with one attached hydrogen (secondary N) is 2. The van der Waals surface area contributed by atoms with Gasteiger partial charge in [-0.25, -0.2) is 24.1 Å². The van der Waals surface area contributed by atoms with Gasteiger partial charge in [-0.2, -0.15) is 0 Å². The second-order valence-electron chi connectivity index (χ2n) is 8.42. The van der Waals surface area contributed by atoms with Crippen molar-refractivity contribution in [3.05, 3.63) is 96.6 Å². The summed E-state index contributed by atoms with van der Waals surface area (Å²) < 4.78 is 13.5. The number of rotatable bonds is 8. The molecule has 1 amide bonds. The summed E-state index contributed by atoms with van der Waals surface area (Å²) >= 11 is 0. The minimum atomic E-state index is -1.30. The largest absolute Gasteiger partial charge is 0.480 e. The van der Waals surface area contributed by atoms with Crippen LogP contribution in [-0.4, -0.2) is 49.5 Å². The van der Waals surface area contributed by atoms with Crippen LogP contribution in [-0.2, 0) is 4.79 Å². The number of H-pyrrole nitrogens is 1. The normalized spacial score (nSPS) is 11.7. The smallest absolute Gasteiger partial charge is 0.328 e. The summed E-state index contributed by atoms with van der Waals surface area (Å²) in [5, 5.41) is 13.3. The molecule has 0 saturated carbocycles. The lowest BCUT2D eigenvalue weighted by atomic mass is 10.1. The molecule has 0 saturated heterocycles. The van der Waals surface area contributed by atoms with Gasteiger partial charge in [0.05, 0.1) is 17.9 Å². The fraction of sp³-hybridized carbons (Fsp3) is 0.0741. The number of hydrogen-bond acceptors (Lipinski definition) is 7. The molecule has 3 heterocycles. The van der Waals surface area contributed by atoms with E-state index in [0.717, 1.165) is 10.9 Å². The van der Waals surface area contributed by atoms with Gasteiger partial charge in [0, 0.05) is 34.5 Å². The molecule has 190 valence electrons. The zero-order valence-electron chi connectivity index (χ0n) is 19.9. The number of hydrogen-bond donors (Lipinski definition) is 4. The summed E-state index contributed by atoms with van der Waals surface area (Å²) in [4.78, 5) is 42.5. The molecule has 0 spiro atoms. The first-order valence-electron chi connectivity index (χ1n) is 11.6. The molecular formula is C27H22FN7O3. The molecule has 0 radical (unpaired) electrons. The van der Waals surface area contributed by atoms with Crippen LogP contribution in [0.25, 0.3) is 22.3 Å². The van der Waals surface area contributed by atoms with Gasteiger partial charge in [0.2, 0.25) is 5.95 Å². The van der Waals surface area contributed by atoms with Gasteiger partial charge in [-0.3, -0.25) is 4.79 Å². The van der Waals surface area contributed by atoms with Crippen molar-refractivity contribution in [2.24, 2.45) is 0 Å². The van der Waals surface area contributed by atoms with E-state index in [4.69, 9.17) is 5.73 Å². The van der Waals surface area contributed by atoms with Gasteiger partial charge in [-0.15, -0.1) is 0 Å². The monoisotopic (exact) mass is 511 g/mol. The molecule has 3 aromatic heterocycles. The number of carbonyl (C=O) groups is 2. The predicted molar refractivity (Wildman–Crippen MR) is 140 cm³/mol. The number of nitrogens with zero attached hydrogens (tertiary/aromatic N) is 4. The maximum Gasteiger partial charge on any atom is 0.328 e. The molecule has 5 N–H and O–H groups in total. The number of amides is 1. The Kier molecular flexibility index (Phi) is 6.64. The molecular weight excluding hydrogens is 489 g/mol. The summed E-state index contributed by atoms with van der Waals surface area (Å²) in [5.41, 5.74) is 8.54. The highest BCUT2D eigenvalue weighted by molar-refractivity contribution is 6.00. The van der Waals surface area contributed by atoms with Gasteiger partial charge in [0.1, 0.15) is 17.7 Å². The van der Waals surface area contributed by atoms with Gasteiger partial charge in [0.15, 0.2) is 0 Å². The van der Waals surface area contributed by atoms with E-state index < -0.39 is 23.7 Å². The molecule has 5 rings (SSSR count). The average Bonchev–Trinajstić information content (AvgIpc) is 3.35. The van der Waals surface area contributed by atoms with E-state index >= 15 is 0 Å². The quantitative estimate of drug-likeness (QED) is 0.246. The second-order valence-corrected chi connectivity index (χ2v) is 8.42. The molecule has 11 heteroatoms. The Labute approximate surface area is 216 Å². The van der Waals surface area contributed by atoms with E-state index in [2.05, 4.69) is 25.3 Å². The Bertz CT molecular complexity index is 1610. The number of nitrogen functional groups attached to an aromatic ring is 1. The number of benzene rings is 2. The van der Waals surface area contributed by atoms with Crippen molar-refractivity contribution in [1.82, 2.24) is 25.3 Å². The summed E-state index contributed by atoms with van der Waals surface area (Å²) in [7, 11) is 0. The number of aromatic amines is 1. The molecule has 0 aliphatic rings. The van der Waals surface area contributed by atoms with Crippen LogP contribution in [0.1, 0.15) is 10.4 Å². The van der Waals surface area contributed by atoms with Crippen LogP contribution in [0.5, 0.6) is 0 Å². The van der Waals surface area contributed by atoms with E-state index in [-0.39, 0.29) is 18.1 Å². The van der Waals surface area contributed by atoms with Crippen molar-refractivity contribution in [2.75, 3.05) is 17.2 Å². The molecule has 0 aliphatic heterocycles. The molecule has 2 aromatic carbocycles. The van der Waals surface area contributed by atoms with Crippen molar-refractivity contribution in [3.8, 4) is 11.4 Å². The predicted octanol–water partition coefficient (Wildman–Crippen LogP) is 3.76. The summed E-state index contributed by atoms with van der Waals surface area (Å²) in [5.74, 6) is -1.63. The van der Waals surface area contributed by atoms with Gasteiger partial charge in [-0.1, -0.05) is 6.07 Å². The third-order valence-corrected chi connectivity index (χ3v) is 5.87. The van der Waals surface area contributed by atoms with Crippen LogP contribution in [0.2, 0.25) is 0 Å². The van der Waals surface area contributed by atoms with Crippen molar-refractivity contribution in [2.45, 2.75) is 6.04 Å². The SMILES string of the molecule is Nc1nccc(-c2cc3cc(C(=O)NC(CN(c4ccc(F)cc4)c4ccccn4)C(=O)O)ccc3[nH]2)n1. The number of carbonyl (C=O) groups excluding carboxylic acids is 1. The van der Waals surface area contributed by atoms with Gasteiger partial charge < -0.3 is 26.0 Å². The fourth-order valence-corrected chi connectivity index (χ4v) is 4.01. The van der Waals surface area contributed by atoms with E-state index in [0.29, 0.717) is 22.9 Å². The highest BCUT2D eigenvalue weighted by Gasteiger charge is 2.25. The minimum Gasteiger partial charge on any atom is -0.480 e. The van der Waals surface area contributed by atoms with Crippen LogP contribution in [0.4, 0.5) is 21.8 Å². The Hall–Kier alpha value is -5.32. The Morgan fingerprint density at radius 1 is 1.03 bits per heavy atom. The van der Waals surface area contributed by atoms with E-state index in [1.54, 1.807) is 59.8 Å². The van der Waals surface area contributed by atoms with E-state index in [9.17, 15) is 19.1 Å². The number of halogens is 1. The molecule has 0 aliphatic carbocycles. The Balaban J connectivity index is 1.39. The summed E-state index contributed by atoms with van der Waals surface area (Å²) in [6.07, 6.45) is 3.12. The topological polar surface area (TPSA) is 150 Å². The number of aliphatic carboxylic acids is 1. The van der Waals surface area contributed by atoms with Crippen molar-refractivity contribution >= 4 is 40.2 Å². The van der Waals surface area contributed by atoms with Gasteiger partial charge in [0.25, 0.3) is 5.91 Å². The van der Waals surface area contributed by atoms with Crippen molar-refractivity contribution < 1.29 is 19.1 Å². The summed E-state index contributed by atoms with van der Waals surface area (Å²) in [6.45, 7) is -0.143. The van der Waals surface area contributed by atoms with Gasteiger partial charge in [-0.05, 0) is 66.7 Å². The Morgan fingerprint density at radius 3 is 2.55 bits per heavy atom. The number of fused-ring (bicyclic) bond motifs is 1. The minimum absolute atomic E-state index is 0.140. The molecule has 0 bridgehead atoms. The molecule has 10 nitrogen and oxygen atoms in total. The zero-order valence-corrected chi connectivity index (χ0v) is 19.9. The fourth-order valence-electron chi connectivity index (χ4n) is 4.01.